The summed E-state index contributed by atoms with van der Waals surface area (Å²) >= 11 is 0. The number of benzene rings is 1. The van der Waals surface area contributed by atoms with Gasteiger partial charge in [-0.3, -0.25) is 14.6 Å². The molecule has 2 rings (SSSR count). The van der Waals surface area contributed by atoms with Crippen LogP contribution < -0.4 is 10.1 Å². The highest BCUT2D eigenvalue weighted by molar-refractivity contribution is 6.00. The SMILES string of the molecule is COc1ccc2cc(C(=O)N(C)CC(=O)NC(C)(C)C)c(C)nc2c1. The van der Waals surface area contributed by atoms with E-state index in [1.165, 1.54) is 4.90 Å². The zero-order chi connectivity index (χ0) is 18.8. The lowest BCUT2D eigenvalue weighted by Gasteiger charge is -2.23. The number of ether oxygens (including phenoxy) is 1. The Balaban J connectivity index is 2.23. The monoisotopic (exact) mass is 343 g/mol. The molecule has 6 nitrogen and oxygen atoms in total. The molecular formula is C19H25N3O3. The van der Waals surface area contributed by atoms with Crippen LogP contribution in [0.5, 0.6) is 5.75 Å². The van der Waals surface area contributed by atoms with E-state index in [0.717, 1.165) is 16.7 Å². The molecule has 0 fully saturated rings. The second-order valence-corrected chi connectivity index (χ2v) is 7.14. The van der Waals surface area contributed by atoms with Gasteiger partial charge >= 0.3 is 0 Å². The van der Waals surface area contributed by atoms with E-state index in [9.17, 15) is 9.59 Å². The van der Waals surface area contributed by atoms with Gasteiger partial charge in [0.05, 0.1) is 30.4 Å². The number of amides is 2. The number of rotatable bonds is 4. The number of nitrogens with one attached hydrogen (secondary N) is 1. The number of carbonyl (C=O) groups is 2. The minimum absolute atomic E-state index is 0.00378. The average Bonchev–Trinajstić information content (AvgIpc) is 2.50. The van der Waals surface area contributed by atoms with Crippen molar-refractivity contribution in [2.45, 2.75) is 33.2 Å². The number of fused-ring (bicyclic) bond motifs is 1. The summed E-state index contributed by atoms with van der Waals surface area (Å²) in [5.41, 5.74) is 1.54. The van der Waals surface area contributed by atoms with Gasteiger partial charge in [0.15, 0.2) is 0 Å². The van der Waals surface area contributed by atoms with Crippen LogP contribution in [0.1, 0.15) is 36.8 Å². The Morgan fingerprint density at radius 1 is 1.24 bits per heavy atom. The van der Waals surface area contributed by atoms with Crippen molar-refractivity contribution in [1.29, 1.82) is 0 Å². The lowest BCUT2D eigenvalue weighted by atomic mass is 10.1. The Labute approximate surface area is 148 Å². The van der Waals surface area contributed by atoms with Crippen molar-refractivity contribution in [3.05, 3.63) is 35.5 Å². The highest BCUT2D eigenvalue weighted by atomic mass is 16.5. The van der Waals surface area contributed by atoms with E-state index < -0.39 is 0 Å². The van der Waals surface area contributed by atoms with Gasteiger partial charge in [-0.15, -0.1) is 0 Å². The lowest BCUT2D eigenvalue weighted by Crippen LogP contribution is -2.46. The zero-order valence-corrected chi connectivity index (χ0v) is 15.6. The largest absolute Gasteiger partial charge is 0.497 e. The van der Waals surface area contributed by atoms with Gasteiger partial charge in [-0.05, 0) is 45.9 Å². The van der Waals surface area contributed by atoms with Crippen LogP contribution in [-0.4, -0.2) is 47.9 Å². The van der Waals surface area contributed by atoms with E-state index in [-0.39, 0.29) is 23.9 Å². The van der Waals surface area contributed by atoms with E-state index in [4.69, 9.17) is 4.74 Å². The Bertz CT molecular complexity index is 809. The highest BCUT2D eigenvalue weighted by Crippen LogP contribution is 2.22. The standard InChI is InChI=1S/C19H25N3O3/c1-12-15(9-13-7-8-14(25-6)10-16(13)20-12)18(24)22(5)11-17(23)21-19(2,3)4/h7-10H,11H2,1-6H3,(H,21,23). The van der Waals surface area contributed by atoms with E-state index in [0.29, 0.717) is 11.3 Å². The first-order chi connectivity index (χ1) is 11.6. The zero-order valence-electron chi connectivity index (χ0n) is 15.6. The van der Waals surface area contributed by atoms with Crippen LogP contribution in [0, 0.1) is 6.92 Å². The van der Waals surface area contributed by atoms with Crippen molar-refractivity contribution in [1.82, 2.24) is 15.2 Å². The maximum absolute atomic E-state index is 12.7. The fourth-order valence-corrected chi connectivity index (χ4v) is 2.54. The van der Waals surface area contributed by atoms with Crippen LogP contribution >= 0.6 is 0 Å². The predicted molar refractivity (Wildman–Crippen MR) is 97.9 cm³/mol. The van der Waals surface area contributed by atoms with Gasteiger partial charge in [-0.25, -0.2) is 0 Å². The summed E-state index contributed by atoms with van der Waals surface area (Å²) in [5.74, 6) is 0.292. The van der Waals surface area contributed by atoms with Crippen molar-refractivity contribution < 1.29 is 14.3 Å². The highest BCUT2D eigenvalue weighted by Gasteiger charge is 2.20. The Kier molecular flexibility index (Phi) is 5.30. The molecule has 0 atom stereocenters. The molecule has 2 amide bonds. The average molecular weight is 343 g/mol. The Hall–Kier alpha value is -2.63. The second kappa shape index (κ2) is 7.09. The Morgan fingerprint density at radius 2 is 1.92 bits per heavy atom. The molecule has 0 saturated heterocycles. The first-order valence-electron chi connectivity index (χ1n) is 8.12. The number of pyridine rings is 1. The molecule has 1 aromatic heterocycles. The fraction of sp³-hybridized carbons (Fsp3) is 0.421. The summed E-state index contributed by atoms with van der Waals surface area (Å²) in [5, 5.41) is 3.70. The number of methoxy groups -OCH3 is 1. The summed E-state index contributed by atoms with van der Waals surface area (Å²) in [6.45, 7) is 7.49. The molecule has 0 aliphatic heterocycles. The molecule has 1 heterocycles. The minimum atomic E-state index is -0.333. The number of aryl methyl sites for hydroxylation is 1. The van der Waals surface area contributed by atoms with Crippen molar-refractivity contribution in [2.24, 2.45) is 0 Å². The fourth-order valence-electron chi connectivity index (χ4n) is 2.54. The van der Waals surface area contributed by atoms with Crippen molar-refractivity contribution in [3.63, 3.8) is 0 Å². The molecule has 0 radical (unpaired) electrons. The third kappa shape index (κ3) is 4.68. The molecule has 134 valence electrons. The molecular weight excluding hydrogens is 318 g/mol. The van der Waals surface area contributed by atoms with Crippen LogP contribution in [0.3, 0.4) is 0 Å². The van der Waals surface area contributed by atoms with Crippen LogP contribution in [0.15, 0.2) is 24.3 Å². The van der Waals surface area contributed by atoms with E-state index in [1.807, 2.05) is 39.0 Å². The number of hydrogen-bond acceptors (Lipinski definition) is 4. The normalized spacial score (nSPS) is 11.3. The third-order valence-corrected chi connectivity index (χ3v) is 3.69. The van der Waals surface area contributed by atoms with E-state index in [2.05, 4.69) is 10.3 Å². The van der Waals surface area contributed by atoms with Gasteiger partial charge in [0.2, 0.25) is 5.91 Å². The van der Waals surface area contributed by atoms with E-state index in [1.54, 1.807) is 27.1 Å². The Morgan fingerprint density at radius 3 is 2.52 bits per heavy atom. The summed E-state index contributed by atoms with van der Waals surface area (Å²) < 4.78 is 5.20. The molecule has 0 unspecified atom stereocenters. The van der Waals surface area contributed by atoms with Crippen molar-refractivity contribution in [2.75, 3.05) is 20.7 Å². The van der Waals surface area contributed by atoms with Gasteiger partial charge in [-0.2, -0.15) is 0 Å². The number of aromatic nitrogens is 1. The van der Waals surface area contributed by atoms with Gasteiger partial charge in [0.1, 0.15) is 5.75 Å². The molecule has 1 N–H and O–H groups in total. The van der Waals surface area contributed by atoms with Gasteiger partial charge in [0, 0.05) is 24.0 Å². The quantitative estimate of drug-likeness (QED) is 0.926. The van der Waals surface area contributed by atoms with Crippen molar-refractivity contribution in [3.8, 4) is 5.75 Å². The lowest BCUT2D eigenvalue weighted by molar-refractivity contribution is -0.122. The molecule has 2 aromatic rings. The maximum atomic E-state index is 12.7. The molecule has 25 heavy (non-hydrogen) atoms. The van der Waals surface area contributed by atoms with Crippen molar-refractivity contribution >= 4 is 22.7 Å². The third-order valence-electron chi connectivity index (χ3n) is 3.69. The predicted octanol–water partition coefficient (Wildman–Crippen LogP) is 2.54. The van der Waals surface area contributed by atoms with Crippen LogP contribution in [0.2, 0.25) is 0 Å². The molecule has 1 aromatic carbocycles. The van der Waals surface area contributed by atoms with Gasteiger partial charge in [-0.1, -0.05) is 0 Å². The first-order valence-corrected chi connectivity index (χ1v) is 8.12. The van der Waals surface area contributed by atoms with Crippen LogP contribution in [-0.2, 0) is 4.79 Å². The summed E-state index contributed by atoms with van der Waals surface area (Å²) in [6.07, 6.45) is 0. The number of nitrogens with zero attached hydrogens (tertiary/aromatic N) is 2. The number of likely N-dealkylation sites (N-methyl/N-ethyl adjacent to an activating group) is 1. The minimum Gasteiger partial charge on any atom is -0.497 e. The summed E-state index contributed by atoms with van der Waals surface area (Å²) in [7, 11) is 3.21. The molecule has 0 spiro atoms. The molecule has 0 aliphatic rings. The van der Waals surface area contributed by atoms with Gasteiger partial charge in [0.25, 0.3) is 5.91 Å². The van der Waals surface area contributed by atoms with Crippen LogP contribution in [0.4, 0.5) is 0 Å². The molecule has 0 bridgehead atoms. The topological polar surface area (TPSA) is 71.5 Å². The molecule has 0 aliphatic carbocycles. The van der Waals surface area contributed by atoms with Crippen LogP contribution in [0.25, 0.3) is 10.9 Å². The maximum Gasteiger partial charge on any atom is 0.255 e. The number of carbonyl (C=O) groups excluding carboxylic acids is 2. The molecule has 6 heteroatoms. The number of hydrogen-bond donors (Lipinski definition) is 1. The summed E-state index contributed by atoms with van der Waals surface area (Å²) in [6, 6.07) is 7.33. The van der Waals surface area contributed by atoms with E-state index >= 15 is 0 Å². The van der Waals surface area contributed by atoms with Gasteiger partial charge < -0.3 is 15.0 Å². The summed E-state index contributed by atoms with van der Waals surface area (Å²) in [4.78, 5) is 30.7. The molecule has 0 saturated carbocycles. The first kappa shape index (κ1) is 18.7. The second-order valence-electron chi connectivity index (χ2n) is 7.14. The smallest absolute Gasteiger partial charge is 0.255 e.